The molecule has 0 atom stereocenters. The van der Waals surface area contributed by atoms with Gasteiger partial charge in [-0.2, -0.15) is 5.26 Å². The summed E-state index contributed by atoms with van der Waals surface area (Å²) in [5.74, 6) is 0. The number of allylic oxidation sites excluding steroid dienone is 2. The first-order chi connectivity index (χ1) is 12.8. The number of nitriles is 1. The molecular weight excluding hydrogens is 338 g/mol. The number of aryl methyl sites for hydroxylation is 2. The van der Waals surface area contributed by atoms with Crippen LogP contribution in [0, 0.1) is 18.3 Å². The van der Waals surface area contributed by atoms with Gasteiger partial charge in [-0.25, -0.2) is 0 Å². The van der Waals surface area contributed by atoms with Gasteiger partial charge in [-0.1, -0.05) is 12.6 Å². The Morgan fingerprint density at radius 3 is 2.74 bits per heavy atom. The fourth-order valence-electron chi connectivity index (χ4n) is 2.59. The van der Waals surface area contributed by atoms with Crippen molar-refractivity contribution < 1.29 is 0 Å². The number of aromatic nitrogens is 1. The van der Waals surface area contributed by atoms with Crippen LogP contribution in [0.25, 0.3) is 11.1 Å². The van der Waals surface area contributed by atoms with Crippen molar-refractivity contribution in [1.29, 1.82) is 5.26 Å². The molecule has 0 aliphatic heterocycles. The minimum Gasteiger partial charge on any atom is -0.404 e. The van der Waals surface area contributed by atoms with Crippen molar-refractivity contribution in [2.45, 2.75) is 13.3 Å². The number of pyridine rings is 1. The van der Waals surface area contributed by atoms with E-state index in [0.29, 0.717) is 17.0 Å². The van der Waals surface area contributed by atoms with Crippen molar-refractivity contribution in [2.24, 2.45) is 18.5 Å². The first-order valence-corrected chi connectivity index (χ1v) is 8.34. The van der Waals surface area contributed by atoms with E-state index in [9.17, 15) is 4.79 Å². The van der Waals surface area contributed by atoms with E-state index in [4.69, 9.17) is 16.7 Å². The largest absolute Gasteiger partial charge is 0.404 e. The van der Waals surface area contributed by atoms with Gasteiger partial charge in [0.1, 0.15) is 0 Å². The van der Waals surface area contributed by atoms with Gasteiger partial charge in [-0.3, -0.25) is 4.79 Å². The minimum atomic E-state index is -0.0569. The highest BCUT2D eigenvalue weighted by atomic mass is 16.1. The SMILES string of the molecule is C=C(Nc1ccc(C)c(-c2ccc(=O)n(C)c2)c1)C(/C=C(\N)CC#N)=C/N. The van der Waals surface area contributed by atoms with Gasteiger partial charge in [0.15, 0.2) is 0 Å². The lowest BCUT2D eigenvalue weighted by Gasteiger charge is -2.14. The fraction of sp³-hybridized carbons (Fsp3) is 0.143. The van der Waals surface area contributed by atoms with E-state index in [0.717, 1.165) is 22.4 Å². The maximum atomic E-state index is 11.6. The van der Waals surface area contributed by atoms with E-state index in [-0.39, 0.29) is 12.0 Å². The zero-order valence-electron chi connectivity index (χ0n) is 15.5. The van der Waals surface area contributed by atoms with Crippen molar-refractivity contribution in [3.8, 4) is 17.2 Å². The normalized spacial score (nSPS) is 11.7. The molecule has 0 radical (unpaired) electrons. The number of rotatable bonds is 6. The molecule has 138 valence electrons. The van der Waals surface area contributed by atoms with Crippen molar-refractivity contribution in [1.82, 2.24) is 4.57 Å². The summed E-state index contributed by atoms with van der Waals surface area (Å²) in [5.41, 5.74) is 16.8. The molecule has 0 amide bonds. The molecule has 2 aromatic rings. The lowest BCUT2D eigenvalue weighted by molar-refractivity contribution is 0.862. The smallest absolute Gasteiger partial charge is 0.250 e. The number of hydrogen-bond donors (Lipinski definition) is 3. The summed E-state index contributed by atoms with van der Waals surface area (Å²) >= 11 is 0. The predicted octanol–water partition coefficient (Wildman–Crippen LogP) is 2.89. The minimum absolute atomic E-state index is 0.0569. The summed E-state index contributed by atoms with van der Waals surface area (Å²) in [5, 5.41) is 11.9. The molecule has 1 aromatic heterocycles. The van der Waals surface area contributed by atoms with Gasteiger partial charge in [0, 0.05) is 48.2 Å². The molecule has 0 aliphatic carbocycles. The van der Waals surface area contributed by atoms with Crippen LogP contribution < -0.4 is 22.3 Å². The van der Waals surface area contributed by atoms with E-state index in [1.54, 1.807) is 36.0 Å². The third-order valence-electron chi connectivity index (χ3n) is 4.08. The number of nitrogens with two attached hydrogens (primary N) is 2. The van der Waals surface area contributed by atoms with Gasteiger partial charge in [0.25, 0.3) is 0 Å². The molecular formula is C21H23N5O. The third kappa shape index (κ3) is 4.89. The van der Waals surface area contributed by atoms with Crippen LogP contribution in [0.2, 0.25) is 0 Å². The van der Waals surface area contributed by atoms with E-state index < -0.39 is 0 Å². The van der Waals surface area contributed by atoms with Gasteiger partial charge in [0.2, 0.25) is 5.56 Å². The van der Waals surface area contributed by atoms with E-state index in [2.05, 4.69) is 11.9 Å². The second kappa shape index (κ2) is 8.59. The summed E-state index contributed by atoms with van der Waals surface area (Å²) in [6.45, 7) is 6.01. The Labute approximate surface area is 158 Å². The molecule has 27 heavy (non-hydrogen) atoms. The Balaban J connectivity index is 2.31. The van der Waals surface area contributed by atoms with Gasteiger partial charge in [0.05, 0.1) is 12.5 Å². The molecule has 0 bridgehead atoms. The Morgan fingerprint density at radius 2 is 2.11 bits per heavy atom. The second-order valence-electron chi connectivity index (χ2n) is 6.18. The number of hydrogen-bond acceptors (Lipinski definition) is 5. The Bertz CT molecular complexity index is 1020. The quantitative estimate of drug-likeness (QED) is 0.685. The Kier molecular flexibility index (Phi) is 6.23. The molecule has 0 saturated carbocycles. The van der Waals surface area contributed by atoms with Crippen LogP contribution in [0.1, 0.15) is 12.0 Å². The van der Waals surface area contributed by atoms with Crippen LogP contribution >= 0.6 is 0 Å². The molecule has 0 aliphatic rings. The maximum Gasteiger partial charge on any atom is 0.250 e. The third-order valence-corrected chi connectivity index (χ3v) is 4.08. The Hall–Kier alpha value is -3.72. The zero-order chi connectivity index (χ0) is 20.0. The lowest BCUT2D eigenvalue weighted by atomic mass is 10.0. The van der Waals surface area contributed by atoms with E-state index in [1.807, 2.05) is 31.2 Å². The molecule has 1 heterocycles. The van der Waals surface area contributed by atoms with Crippen LogP contribution in [-0.2, 0) is 7.05 Å². The molecule has 6 heteroatoms. The molecule has 0 saturated heterocycles. The summed E-state index contributed by atoms with van der Waals surface area (Å²) in [6.07, 6.45) is 4.94. The van der Waals surface area contributed by atoms with Crippen molar-refractivity contribution in [3.05, 3.63) is 88.3 Å². The molecule has 2 rings (SSSR count). The zero-order valence-corrected chi connectivity index (χ0v) is 15.5. The fourth-order valence-corrected chi connectivity index (χ4v) is 2.59. The first-order valence-electron chi connectivity index (χ1n) is 8.34. The summed E-state index contributed by atoms with van der Waals surface area (Å²) in [6, 6.07) is 11.2. The highest BCUT2D eigenvalue weighted by molar-refractivity contribution is 5.72. The van der Waals surface area contributed by atoms with Gasteiger partial charge in [-0.05, 0) is 47.9 Å². The summed E-state index contributed by atoms with van der Waals surface area (Å²) in [4.78, 5) is 11.6. The van der Waals surface area contributed by atoms with Gasteiger partial charge >= 0.3 is 0 Å². The number of benzene rings is 1. The molecule has 1 aromatic carbocycles. The number of anilines is 1. The molecule has 0 spiro atoms. The molecule has 0 fully saturated rings. The highest BCUT2D eigenvalue weighted by Crippen LogP contribution is 2.27. The number of nitrogens with one attached hydrogen (secondary N) is 1. The van der Waals surface area contributed by atoms with E-state index >= 15 is 0 Å². The topological polar surface area (TPSA) is 110 Å². The average Bonchev–Trinajstić information content (AvgIpc) is 2.63. The maximum absolute atomic E-state index is 11.6. The second-order valence-corrected chi connectivity index (χ2v) is 6.18. The van der Waals surface area contributed by atoms with Crippen LogP contribution in [0.3, 0.4) is 0 Å². The van der Waals surface area contributed by atoms with Crippen LogP contribution in [0.15, 0.2) is 77.1 Å². The molecule has 6 nitrogen and oxygen atoms in total. The van der Waals surface area contributed by atoms with Crippen LogP contribution in [0.4, 0.5) is 5.69 Å². The molecule has 5 N–H and O–H groups in total. The standard InChI is InChI=1S/C21H23N5O/c1-14-4-6-19(11-20(14)16-5-7-21(27)26(3)13-16)25-15(2)17(12-23)10-18(24)8-9-22/h4-7,10-13,25H,2,8,23-24H2,1,3H3/b17-12+,18-10-. The monoisotopic (exact) mass is 361 g/mol. The summed E-state index contributed by atoms with van der Waals surface area (Å²) in [7, 11) is 1.72. The lowest BCUT2D eigenvalue weighted by Crippen LogP contribution is -2.14. The van der Waals surface area contributed by atoms with Crippen molar-refractivity contribution in [3.63, 3.8) is 0 Å². The van der Waals surface area contributed by atoms with Crippen molar-refractivity contribution in [2.75, 3.05) is 5.32 Å². The van der Waals surface area contributed by atoms with Gasteiger partial charge in [-0.15, -0.1) is 0 Å². The molecule has 0 unspecified atom stereocenters. The highest BCUT2D eigenvalue weighted by Gasteiger charge is 2.07. The summed E-state index contributed by atoms with van der Waals surface area (Å²) < 4.78 is 1.55. The number of nitrogens with zero attached hydrogens (tertiary/aromatic N) is 2. The Morgan fingerprint density at radius 1 is 1.37 bits per heavy atom. The van der Waals surface area contributed by atoms with Crippen molar-refractivity contribution >= 4 is 5.69 Å². The predicted molar refractivity (Wildman–Crippen MR) is 109 cm³/mol. The first kappa shape index (κ1) is 19.6. The van der Waals surface area contributed by atoms with Crippen LogP contribution in [0.5, 0.6) is 0 Å². The van der Waals surface area contributed by atoms with E-state index in [1.165, 1.54) is 6.20 Å². The van der Waals surface area contributed by atoms with Gasteiger partial charge < -0.3 is 21.4 Å². The average molecular weight is 361 g/mol. The van der Waals surface area contributed by atoms with Crippen LogP contribution in [-0.4, -0.2) is 4.57 Å².